The molecule has 0 amide bonds. The highest BCUT2D eigenvalue weighted by Gasteiger charge is 2.36. The number of hydrogen-bond donors (Lipinski definition) is 0. The van der Waals surface area contributed by atoms with Crippen LogP contribution in [0, 0.1) is 0 Å². The second-order valence-electron chi connectivity index (χ2n) is 4.11. The lowest BCUT2D eigenvalue weighted by atomic mass is 9.97. The van der Waals surface area contributed by atoms with Crippen LogP contribution in [-0.2, 0) is 18.3 Å². The molecule has 1 fully saturated rings. The first-order valence-electron chi connectivity index (χ1n) is 5.13. The summed E-state index contributed by atoms with van der Waals surface area (Å²) in [7, 11) is 1.76. The Morgan fingerprint density at radius 2 is 2.53 bits per heavy atom. The van der Waals surface area contributed by atoms with Crippen molar-refractivity contribution in [3.05, 3.63) is 11.9 Å². The minimum atomic E-state index is -0.183. The van der Waals surface area contributed by atoms with Gasteiger partial charge in [0.25, 0.3) is 0 Å². The van der Waals surface area contributed by atoms with Gasteiger partial charge in [-0.2, -0.15) is 15.0 Å². The predicted molar refractivity (Wildman–Crippen MR) is 59.8 cm³/mol. The molecule has 1 aliphatic rings. The Bertz CT molecular complexity index is 368. The molecule has 1 saturated heterocycles. The van der Waals surface area contributed by atoms with Crippen LogP contribution in [0.25, 0.3) is 0 Å². The Labute approximate surface area is 93.4 Å². The van der Waals surface area contributed by atoms with E-state index in [1.807, 2.05) is 6.92 Å². The van der Waals surface area contributed by atoms with Crippen LogP contribution in [0.5, 0.6) is 0 Å². The van der Waals surface area contributed by atoms with Crippen LogP contribution < -0.4 is 0 Å². The van der Waals surface area contributed by atoms with Gasteiger partial charge in [-0.1, -0.05) is 0 Å². The van der Waals surface area contributed by atoms with Crippen molar-refractivity contribution in [2.45, 2.75) is 30.9 Å². The van der Waals surface area contributed by atoms with Crippen LogP contribution in [0.2, 0.25) is 0 Å². The average molecular weight is 225 g/mol. The summed E-state index contributed by atoms with van der Waals surface area (Å²) in [5, 5.41) is 8.09. The number of Topliss-reactive ketones (excluding diaryl/α,β-unsaturated/α-hetero) is 1. The van der Waals surface area contributed by atoms with Crippen LogP contribution in [0.15, 0.2) is 6.20 Å². The number of rotatable bonds is 3. The summed E-state index contributed by atoms with van der Waals surface area (Å²) in [4.78, 5) is 13.5. The normalized spacial score (nSPS) is 25.7. The lowest BCUT2D eigenvalue weighted by Crippen LogP contribution is -2.30. The number of carbonyl (C=O) groups excluding carboxylic acids is 1. The maximum atomic E-state index is 12.0. The molecule has 1 aromatic heterocycles. The van der Waals surface area contributed by atoms with Gasteiger partial charge in [-0.3, -0.25) is 4.79 Å². The second kappa shape index (κ2) is 3.96. The van der Waals surface area contributed by atoms with Crippen molar-refractivity contribution in [3.8, 4) is 0 Å². The summed E-state index contributed by atoms with van der Waals surface area (Å²) in [5.41, 5.74) is 0.774. The van der Waals surface area contributed by atoms with Gasteiger partial charge < -0.3 is 0 Å². The van der Waals surface area contributed by atoms with Crippen LogP contribution in [0.1, 0.15) is 25.5 Å². The molecule has 2 rings (SSSR count). The first-order chi connectivity index (χ1) is 7.10. The van der Waals surface area contributed by atoms with Crippen molar-refractivity contribution in [2.24, 2.45) is 7.05 Å². The lowest BCUT2D eigenvalue weighted by molar-refractivity contribution is -0.120. The number of aryl methyl sites for hydroxylation is 1. The van der Waals surface area contributed by atoms with E-state index in [0.717, 1.165) is 24.3 Å². The molecule has 1 aromatic rings. The van der Waals surface area contributed by atoms with Crippen molar-refractivity contribution < 1.29 is 4.79 Å². The van der Waals surface area contributed by atoms with Gasteiger partial charge in [-0.05, 0) is 25.5 Å². The fourth-order valence-corrected chi connectivity index (χ4v) is 3.08. The van der Waals surface area contributed by atoms with Crippen molar-refractivity contribution in [1.82, 2.24) is 15.0 Å². The zero-order valence-electron chi connectivity index (χ0n) is 9.06. The van der Waals surface area contributed by atoms with E-state index in [0.29, 0.717) is 6.42 Å². The molecule has 1 atom stereocenters. The Balaban J connectivity index is 2.03. The molecule has 2 heterocycles. The second-order valence-corrected chi connectivity index (χ2v) is 5.71. The number of carbonyl (C=O) groups is 1. The van der Waals surface area contributed by atoms with Gasteiger partial charge in [-0.15, -0.1) is 11.8 Å². The first kappa shape index (κ1) is 10.7. The molecular formula is C10H15N3OS. The molecule has 15 heavy (non-hydrogen) atoms. The molecule has 1 aliphatic heterocycles. The number of hydrogen-bond acceptors (Lipinski definition) is 4. The largest absolute Gasteiger partial charge is 0.298 e. The molecule has 4 nitrogen and oxygen atoms in total. The summed E-state index contributed by atoms with van der Waals surface area (Å²) in [5.74, 6) is 1.38. The fourth-order valence-electron chi connectivity index (χ4n) is 1.82. The fraction of sp³-hybridized carbons (Fsp3) is 0.700. The van der Waals surface area contributed by atoms with E-state index in [9.17, 15) is 4.79 Å². The van der Waals surface area contributed by atoms with E-state index in [1.54, 1.807) is 25.0 Å². The molecule has 82 valence electrons. The van der Waals surface area contributed by atoms with Crippen LogP contribution in [0.3, 0.4) is 0 Å². The minimum Gasteiger partial charge on any atom is -0.298 e. The Morgan fingerprint density at radius 1 is 1.73 bits per heavy atom. The van der Waals surface area contributed by atoms with Crippen molar-refractivity contribution in [2.75, 3.05) is 5.75 Å². The summed E-state index contributed by atoms with van der Waals surface area (Å²) in [6, 6.07) is 0. The predicted octanol–water partition coefficient (Wildman–Crippen LogP) is 1.21. The molecule has 0 radical (unpaired) electrons. The SMILES string of the molecule is Cn1ncc(CC(=O)C2(C)CCCS2)n1. The smallest absolute Gasteiger partial charge is 0.154 e. The molecule has 1 unspecified atom stereocenters. The Hall–Kier alpha value is -0.840. The standard InChI is InChI=1S/C10H15N3OS/c1-10(4-3-5-15-10)9(14)6-8-7-11-13(2)12-8/h7H,3-6H2,1-2H3. The van der Waals surface area contributed by atoms with E-state index in [-0.39, 0.29) is 10.5 Å². The number of aromatic nitrogens is 3. The molecule has 0 saturated carbocycles. The minimum absolute atomic E-state index is 0.183. The summed E-state index contributed by atoms with van der Waals surface area (Å²) < 4.78 is -0.183. The van der Waals surface area contributed by atoms with Crippen LogP contribution in [-0.4, -0.2) is 31.3 Å². The maximum absolute atomic E-state index is 12.0. The van der Waals surface area contributed by atoms with Crippen molar-refractivity contribution >= 4 is 17.5 Å². The van der Waals surface area contributed by atoms with E-state index < -0.39 is 0 Å². The molecule has 5 heteroatoms. The zero-order chi connectivity index (χ0) is 10.9. The van der Waals surface area contributed by atoms with Gasteiger partial charge in [0.05, 0.1) is 23.1 Å². The van der Waals surface area contributed by atoms with E-state index in [2.05, 4.69) is 10.2 Å². The molecule has 0 spiro atoms. The lowest BCUT2D eigenvalue weighted by Gasteiger charge is -2.19. The van der Waals surface area contributed by atoms with Crippen molar-refractivity contribution in [1.29, 1.82) is 0 Å². The number of thioether (sulfide) groups is 1. The topological polar surface area (TPSA) is 47.8 Å². The molecule has 0 bridgehead atoms. The third kappa shape index (κ3) is 2.22. The van der Waals surface area contributed by atoms with E-state index in [4.69, 9.17) is 0 Å². The van der Waals surface area contributed by atoms with Gasteiger partial charge in [0.1, 0.15) is 0 Å². The zero-order valence-corrected chi connectivity index (χ0v) is 9.88. The summed E-state index contributed by atoms with van der Waals surface area (Å²) in [6.07, 6.45) is 4.22. The molecule has 0 aliphatic carbocycles. The van der Waals surface area contributed by atoms with Crippen molar-refractivity contribution in [3.63, 3.8) is 0 Å². The van der Waals surface area contributed by atoms with Gasteiger partial charge in [0, 0.05) is 7.05 Å². The average Bonchev–Trinajstić information content (AvgIpc) is 2.76. The number of ketones is 1. The molecule has 0 aromatic carbocycles. The highest BCUT2D eigenvalue weighted by atomic mass is 32.2. The van der Waals surface area contributed by atoms with E-state index in [1.165, 1.54) is 4.80 Å². The first-order valence-corrected chi connectivity index (χ1v) is 6.11. The third-order valence-corrected chi connectivity index (χ3v) is 4.36. The third-order valence-electron chi connectivity index (χ3n) is 2.80. The summed E-state index contributed by atoms with van der Waals surface area (Å²) in [6.45, 7) is 2.05. The van der Waals surface area contributed by atoms with Crippen LogP contribution in [0.4, 0.5) is 0 Å². The van der Waals surface area contributed by atoms with Gasteiger partial charge >= 0.3 is 0 Å². The van der Waals surface area contributed by atoms with Gasteiger partial charge in [-0.25, -0.2) is 0 Å². The van der Waals surface area contributed by atoms with E-state index >= 15 is 0 Å². The number of nitrogens with zero attached hydrogens (tertiary/aromatic N) is 3. The highest BCUT2D eigenvalue weighted by molar-refractivity contribution is 8.01. The van der Waals surface area contributed by atoms with Gasteiger partial charge in [0.2, 0.25) is 0 Å². The van der Waals surface area contributed by atoms with Crippen LogP contribution >= 0.6 is 11.8 Å². The maximum Gasteiger partial charge on any atom is 0.154 e. The molecule has 0 N–H and O–H groups in total. The molecular weight excluding hydrogens is 210 g/mol. The monoisotopic (exact) mass is 225 g/mol. The van der Waals surface area contributed by atoms with Gasteiger partial charge in [0.15, 0.2) is 5.78 Å². The highest BCUT2D eigenvalue weighted by Crippen LogP contribution is 2.38. The Morgan fingerprint density at radius 3 is 3.07 bits per heavy atom. The Kier molecular flexibility index (Phi) is 2.82. The quantitative estimate of drug-likeness (QED) is 0.776. The summed E-state index contributed by atoms with van der Waals surface area (Å²) >= 11 is 1.77.